The number of hydrogen-bond acceptors (Lipinski definition) is 3. The Morgan fingerprint density at radius 2 is 2.29 bits per heavy atom. The van der Waals surface area contributed by atoms with E-state index in [2.05, 4.69) is 31.1 Å². The van der Waals surface area contributed by atoms with Gasteiger partial charge < -0.3 is 10.2 Å². The van der Waals surface area contributed by atoms with Gasteiger partial charge in [0, 0.05) is 38.5 Å². The van der Waals surface area contributed by atoms with Crippen LogP contribution >= 0.6 is 0 Å². The predicted molar refractivity (Wildman–Crippen MR) is 58.4 cm³/mol. The molecule has 1 rings (SSSR count). The van der Waals surface area contributed by atoms with Crippen molar-refractivity contribution >= 4 is 5.78 Å². The van der Waals surface area contributed by atoms with Gasteiger partial charge in [-0.2, -0.15) is 0 Å². The van der Waals surface area contributed by atoms with Crippen LogP contribution in [0.5, 0.6) is 0 Å². The first-order chi connectivity index (χ1) is 6.58. The lowest BCUT2D eigenvalue weighted by Crippen LogP contribution is -2.49. The highest BCUT2D eigenvalue weighted by molar-refractivity contribution is 5.79. The Labute approximate surface area is 86.9 Å². The minimum Gasteiger partial charge on any atom is -0.311 e. The first-order valence-electron chi connectivity index (χ1n) is 5.51. The largest absolute Gasteiger partial charge is 0.311 e. The number of carbonyl (C=O) groups is 1. The summed E-state index contributed by atoms with van der Waals surface area (Å²) in [6.45, 7) is 7.30. The van der Waals surface area contributed by atoms with Crippen LogP contribution in [0.2, 0.25) is 0 Å². The second-order valence-corrected chi connectivity index (χ2v) is 4.75. The van der Waals surface area contributed by atoms with E-state index in [0.29, 0.717) is 24.2 Å². The average Bonchev–Trinajstić information content (AvgIpc) is 2.01. The summed E-state index contributed by atoms with van der Waals surface area (Å²) >= 11 is 0. The second kappa shape index (κ2) is 5.47. The molecule has 0 amide bonds. The van der Waals surface area contributed by atoms with Crippen LogP contribution in [0.3, 0.4) is 0 Å². The third-order valence-electron chi connectivity index (χ3n) is 2.57. The van der Waals surface area contributed by atoms with E-state index >= 15 is 0 Å². The number of rotatable bonds is 4. The molecule has 0 aromatic rings. The van der Waals surface area contributed by atoms with Crippen LogP contribution in [0.25, 0.3) is 0 Å². The van der Waals surface area contributed by atoms with Gasteiger partial charge in [-0.15, -0.1) is 0 Å². The van der Waals surface area contributed by atoms with Gasteiger partial charge in [0.15, 0.2) is 0 Å². The molecule has 1 unspecified atom stereocenters. The topological polar surface area (TPSA) is 32.3 Å². The van der Waals surface area contributed by atoms with E-state index in [1.807, 2.05) is 0 Å². The number of carbonyl (C=O) groups excluding carboxylic acids is 1. The van der Waals surface area contributed by atoms with Crippen LogP contribution < -0.4 is 5.32 Å². The predicted octanol–water partition coefficient (Wildman–Crippen LogP) is 0.895. The zero-order valence-corrected chi connectivity index (χ0v) is 9.55. The molecule has 1 N–H and O–H groups in total. The molecule has 82 valence electrons. The minimum atomic E-state index is 0.375. The van der Waals surface area contributed by atoms with Gasteiger partial charge in [-0.05, 0) is 13.0 Å². The lowest BCUT2D eigenvalue weighted by Gasteiger charge is -2.30. The lowest BCUT2D eigenvalue weighted by atomic mass is 10.0. The molecule has 0 radical (unpaired) electrons. The Kier molecular flexibility index (Phi) is 4.55. The number of hydrogen-bond donors (Lipinski definition) is 1. The summed E-state index contributed by atoms with van der Waals surface area (Å²) < 4.78 is 0. The number of nitrogens with one attached hydrogen (secondary N) is 1. The van der Waals surface area contributed by atoms with Crippen molar-refractivity contribution in [3.8, 4) is 0 Å². The number of ketones is 1. The van der Waals surface area contributed by atoms with Crippen LogP contribution in [0.15, 0.2) is 0 Å². The molecule has 3 heteroatoms. The van der Waals surface area contributed by atoms with E-state index in [9.17, 15) is 4.79 Å². The molecule has 0 spiro atoms. The maximum atomic E-state index is 11.6. The molecule has 0 aromatic heterocycles. The number of Topliss-reactive ketones (excluding diaryl/α,β-unsaturated/α-hetero) is 1. The van der Waals surface area contributed by atoms with Gasteiger partial charge >= 0.3 is 0 Å². The third-order valence-corrected chi connectivity index (χ3v) is 2.57. The fourth-order valence-electron chi connectivity index (χ4n) is 1.94. The van der Waals surface area contributed by atoms with Gasteiger partial charge in [0.1, 0.15) is 5.78 Å². The molecular formula is C11H22N2O. The van der Waals surface area contributed by atoms with E-state index in [0.717, 1.165) is 26.1 Å². The summed E-state index contributed by atoms with van der Waals surface area (Å²) in [5.74, 6) is 0.886. The van der Waals surface area contributed by atoms with Crippen LogP contribution in [0, 0.1) is 5.92 Å². The second-order valence-electron chi connectivity index (χ2n) is 4.75. The van der Waals surface area contributed by atoms with Crippen LogP contribution in [0.4, 0.5) is 0 Å². The normalized spacial score (nSPS) is 24.1. The molecule has 1 aliphatic rings. The Morgan fingerprint density at radius 3 is 2.86 bits per heavy atom. The monoisotopic (exact) mass is 198 g/mol. The zero-order chi connectivity index (χ0) is 10.6. The molecule has 0 saturated carbocycles. The van der Waals surface area contributed by atoms with E-state index in [4.69, 9.17) is 0 Å². The molecule has 0 bridgehead atoms. The number of nitrogens with zero attached hydrogens (tertiary/aromatic N) is 1. The molecular weight excluding hydrogens is 176 g/mol. The maximum Gasteiger partial charge on any atom is 0.134 e. The zero-order valence-electron chi connectivity index (χ0n) is 9.55. The van der Waals surface area contributed by atoms with Crippen molar-refractivity contribution in [3.63, 3.8) is 0 Å². The summed E-state index contributed by atoms with van der Waals surface area (Å²) in [5, 5.41) is 3.39. The summed E-state index contributed by atoms with van der Waals surface area (Å²) in [7, 11) is 2.11. The fourth-order valence-corrected chi connectivity index (χ4v) is 1.94. The van der Waals surface area contributed by atoms with Crippen LogP contribution in [0.1, 0.15) is 26.7 Å². The van der Waals surface area contributed by atoms with Crippen molar-refractivity contribution < 1.29 is 4.79 Å². The van der Waals surface area contributed by atoms with E-state index < -0.39 is 0 Å². The van der Waals surface area contributed by atoms with Gasteiger partial charge in [0.25, 0.3) is 0 Å². The van der Waals surface area contributed by atoms with Gasteiger partial charge in [-0.3, -0.25) is 4.79 Å². The van der Waals surface area contributed by atoms with E-state index in [1.54, 1.807) is 0 Å². The first-order valence-corrected chi connectivity index (χ1v) is 5.51. The molecule has 1 heterocycles. The Balaban J connectivity index is 2.25. The van der Waals surface area contributed by atoms with Gasteiger partial charge in [-0.25, -0.2) is 0 Å². The summed E-state index contributed by atoms with van der Waals surface area (Å²) in [6, 6.07) is 0.375. The third kappa shape index (κ3) is 4.20. The van der Waals surface area contributed by atoms with Crippen molar-refractivity contribution in [2.45, 2.75) is 32.7 Å². The summed E-state index contributed by atoms with van der Waals surface area (Å²) in [5.41, 5.74) is 0. The maximum absolute atomic E-state index is 11.6. The van der Waals surface area contributed by atoms with Crippen molar-refractivity contribution in [1.29, 1.82) is 0 Å². The SMILES string of the molecule is CC(C)CC(=O)CC1CN(C)CCN1. The molecule has 0 aromatic carbocycles. The lowest BCUT2D eigenvalue weighted by molar-refractivity contribution is -0.120. The first kappa shape index (κ1) is 11.7. The Morgan fingerprint density at radius 1 is 1.57 bits per heavy atom. The molecule has 1 aliphatic heterocycles. The number of piperazine rings is 1. The minimum absolute atomic E-state index is 0.375. The van der Waals surface area contributed by atoms with Crippen LogP contribution in [-0.2, 0) is 4.79 Å². The summed E-state index contributed by atoms with van der Waals surface area (Å²) in [6.07, 6.45) is 1.42. The smallest absolute Gasteiger partial charge is 0.134 e. The molecule has 1 saturated heterocycles. The highest BCUT2D eigenvalue weighted by Gasteiger charge is 2.19. The molecule has 1 atom stereocenters. The van der Waals surface area contributed by atoms with Gasteiger partial charge in [-0.1, -0.05) is 13.8 Å². The molecule has 14 heavy (non-hydrogen) atoms. The highest BCUT2D eigenvalue weighted by atomic mass is 16.1. The van der Waals surface area contributed by atoms with Crippen molar-refractivity contribution in [2.24, 2.45) is 5.92 Å². The highest BCUT2D eigenvalue weighted by Crippen LogP contribution is 2.07. The van der Waals surface area contributed by atoms with Gasteiger partial charge in [0.05, 0.1) is 0 Å². The van der Waals surface area contributed by atoms with E-state index in [-0.39, 0.29) is 0 Å². The van der Waals surface area contributed by atoms with Crippen molar-refractivity contribution in [2.75, 3.05) is 26.7 Å². The molecule has 0 aliphatic carbocycles. The summed E-state index contributed by atoms with van der Waals surface area (Å²) in [4.78, 5) is 13.9. The van der Waals surface area contributed by atoms with Crippen molar-refractivity contribution in [3.05, 3.63) is 0 Å². The Hall–Kier alpha value is -0.410. The molecule has 1 fully saturated rings. The van der Waals surface area contributed by atoms with Crippen molar-refractivity contribution in [1.82, 2.24) is 10.2 Å². The Bertz CT molecular complexity index is 192. The molecule has 3 nitrogen and oxygen atoms in total. The number of likely N-dealkylation sites (N-methyl/N-ethyl adjacent to an activating group) is 1. The quantitative estimate of drug-likeness (QED) is 0.728. The standard InChI is InChI=1S/C11H22N2O/c1-9(2)6-11(14)7-10-8-13(3)5-4-12-10/h9-10,12H,4-8H2,1-3H3. The fraction of sp³-hybridized carbons (Fsp3) is 0.909. The van der Waals surface area contributed by atoms with Crippen LogP contribution in [-0.4, -0.2) is 43.4 Å². The average molecular weight is 198 g/mol. The van der Waals surface area contributed by atoms with E-state index in [1.165, 1.54) is 0 Å². The van der Waals surface area contributed by atoms with Gasteiger partial charge in [0.2, 0.25) is 0 Å².